The minimum atomic E-state index is -0.406. The van der Waals surface area contributed by atoms with Crippen LogP contribution in [0.15, 0.2) is 54.6 Å². The van der Waals surface area contributed by atoms with Crippen LogP contribution in [0.5, 0.6) is 5.75 Å². The molecule has 2 aromatic rings. The van der Waals surface area contributed by atoms with Gasteiger partial charge in [-0.15, -0.1) is 0 Å². The van der Waals surface area contributed by atoms with Crippen LogP contribution in [-0.2, 0) is 4.79 Å². The lowest BCUT2D eigenvalue weighted by molar-refractivity contribution is -0.136. The molecule has 5 nitrogen and oxygen atoms in total. The summed E-state index contributed by atoms with van der Waals surface area (Å²) in [7, 11) is 0. The van der Waals surface area contributed by atoms with Crippen molar-refractivity contribution in [1.29, 1.82) is 0 Å². The van der Waals surface area contributed by atoms with E-state index < -0.39 is 5.41 Å². The zero-order chi connectivity index (χ0) is 22.4. The largest absolute Gasteiger partial charge is 0.493 e. The number of ether oxygens (including phenoxy) is 1. The molecule has 2 heterocycles. The molecule has 0 saturated carbocycles. The molecule has 0 aromatic heterocycles. The lowest BCUT2D eigenvalue weighted by Crippen LogP contribution is -2.51. The van der Waals surface area contributed by atoms with E-state index in [-0.39, 0.29) is 11.8 Å². The van der Waals surface area contributed by atoms with E-state index in [9.17, 15) is 9.59 Å². The van der Waals surface area contributed by atoms with E-state index in [1.165, 1.54) is 6.42 Å². The summed E-state index contributed by atoms with van der Waals surface area (Å²) < 4.78 is 6.16. The van der Waals surface area contributed by atoms with Crippen molar-refractivity contribution in [1.82, 2.24) is 9.80 Å². The molecule has 4 rings (SSSR count). The van der Waals surface area contributed by atoms with Crippen LogP contribution >= 0.6 is 11.6 Å². The summed E-state index contributed by atoms with van der Waals surface area (Å²) in [6.07, 6.45) is 5.43. The maximum Gasteiger partial charge on any atom is 0.253 e. The van der Waals surface area contributed by atoms with Gasteiger partial charge >= 0.3 is 0 Å². The Labute approximate surface area is 195 Å². The maximum atomic E-state index is 13.2. The van der Waals surface area contributed by atoms with Gasteiger partial charge in [-0.05, 0) is 62.4 Å². The molecule has 1 atom stereocenters. The summed E-state index contributed by atoms with van der Waals surface area (Å²) in [6, 6.07) is 16.8. The number of nitrogens with zero attached hydrogens (tertiary/aromatic N) is 2. The lowest BCUT2D eigenvalue weighted by Gasteiger charge is -2.43. The van der Waals surface area contributed by atoms with Gasteiger partial charge in [0.25, 0.3) is 5.91 Å². The predicted molar refractivity (Wildman–Crippen MR) is 126 cm³/mol. The van der Waals surface area contributed by atoms with Crippen LogP contribution in [0.4, 0.5) is 0 Å². The molecule has 2 saturated heterocycles. The first-order valence-electron chi connectivity index (χ1n) is 11.6. The minimum Gasteiger partial charge on any atom is -0.493 e. The molecular formula is C26H31ClN2O3. The summed E-state index contributed by atoms with van der Waals surface area (Å²) >= 11 is 6.12. The quantitative estimate of drug-likeness (QED) is 0.614. The number of amides is 2. The van der Waals surface area contributed by atoms with E-state index in [0.717, 1.165) is 44.5 Å². The molecule has 6 heteroatoms. The first-order valence-corrected chi connectivity index (χ1v) is 11.9. The molecule has 170 valence electrons. The molecule has 2 aromatic carbocycles. The van der Waals surface area contributed by atoms with Crippen LogP contribution in [0.25, 0.3) is 0 Å². The third-order valence-corrected chi connectivity index (χ3v) is 6.78. The number of para-hydroxylation sites is 1. The average Bonchev–Trinajstić information content (AvgIpc) is 2.84. The number of hydrogen-bond donors (Lipinski definition) is 0. The molecule has 0 spiro atoms. The Kier molecular flexibility index (Phi) is 7.36. The van der Waals surface area contributed by atoms with Crippen molar-refractivity contribution >= 4 is 23.4 Å². The molecular weight excluding hydrogens is 424 g/mol. The minimum absolute atomic E-state index is 0.0401. The highest BCUT2D eigenvalue weighted by Crippen LogP contribution is 2.36. The normalized spacial score (nSPS) is 21.3. The van der Waals surface area contributed by atoms with Crippen LogP contribution < -0.4 is 4.74 Å². The second-order valence-corrected chi connectivity index (χ2v) is 9.50. The Morgan fingerprint density at radius 1 is 0.906 bits per heavy atom. The monoisotopic (exact) mass is 454 g/mol. The van der Waals surface area contributed by atoms with E-state index in [0.29, 0.717) is 36.7 Å². The van der Waals surface area contributed by atoms with Crippen molar-refractivity contribution < 1.29 is 14.3 Å². The first kappa shape index (κ1) is 22.7. The smallest absolute Gasteiger partial charge is 0.253 e. The highest BCUT2D eigenvalue weighted by molar-refractivity contribution is 6.30. The van der Waals surface area contributed by atoms with Crippen molar-refractivity contribution in [3.05, 3.63) is 65.2 Å². The van der Waals surface area contributed by atoms with Gasteiger partial charge < -0.3 is 14.5 Å². The number of piperidine rings is 2. The van der Waals surface area contributed by atoms with Gasteiger partial charge in [0, 0.05) is 48.6 Å². The SMILES string of the molecule is O=C(C[C@@]1(COc2ccccc2)CCCN(C(=O)c2cccc(Cl)c2)C1)N1CCCCC1. The molecule has 0 N–H and O–H groups in total. The van der Waals surface area contributed by atoms with Crippen LogP contribution in [0, 0.1) is 5.41 Å². The molecule has 2 aliphatic rings. The van der Waals surface area contributed by atoms with Crippen LogP contribution in [-0.4, -0.2) is 54.4 Å². The van der Waals surface area contributed by atoms with Crippen LogP contribution in [0.3, 0.4) is 0 Å². The van der Waals surface area contributed by atoms with Gasteiger partial charge in [0.2, 0.25) is 5.91 Å². The Morgan fingerprint density at radius 3 is 2.41 bits per heavy atom. The molecule has 32 heavy (non-hydrogen) atoms. The predicted octanol–water partition coefficient (Wildman–Crippen LogP) is 5.04. The fraction of sp³-hybridized carbons (Fsp3) is 0.462. The Bertz CT molecular complexity index is 930. The standard InChI is InChI=1S/C26H31ClN2O3/c27-22-10-7-9-21(17-22)25(31)29-16-8-13-26(19-29,20-32-23-11-3-1-4-12-23)18-24(30)28-14-5-2-6-15-28/h1,3-4,7,9-12,17H,2,5-6,8,13-16,18-20H2/t26-/m0/s1. The fourth-order valence-corrected chi connectivity index (χ4v) is 5.02. The molecule has 0 bridgehead atoms. The van der Waals surface area contributed by atoms with E-state index in [1.807, 2.05) is 40.1 Å². The van der Waals surface area contributed by atoms with E-state index in [4.69, 9.17) is 16.3 Å². The third-order valence-electron chi connectivity index (χ3n) is 6.54. The van der Waals surface area contributed by atoms with E-state index in [1.54, 1.807) is 24.3 Å². The van der Waals surface area contributed by atoms with Gasteiger partial charge in [0.05, 0.1) is 6.61 Å². The number of hydrogen-bond acceptors (Lipinski definition) is 3. The number of rotatable bonds is 6. The Balaban J connectivity index is 1.52. The molecule has 0 unspecified atom stereocenters. The van der Waals surface area contributed by atoms with Crippen molar-refractivity contribution in [3.63, 3.8) is 0 Å². The Morgan fingerprint density at radius 2 is 1.66 bits per heavy atom. The van der Waals surface area contributed by atoms with Gasteiger partial charge in [-0.1, -0.05) is 35.9 Å². The summed E-state index contributed by atoms with van der Waals surface area (Å²) in [5.74, 6) is 0.927. The van der Waals surface area contributed by atoms with E-state index in [2.05, 4.69) is 0 Å². The van der Waals surface area contributed by atoms with Crippen molar-refractivity contribution in [3.8, 4) is 5.75 Å². The molecule has 0 radical (unpaired) electrons. The van der Waals surface area contributed by atoms with Gasteiger partial charge in [-0.25, -0.2) is 0 Å². The van der Waals surface area contributed by atoms with Crippen LogP contribution in [0.1, 0.15) is 48.9 Å². The van der Waals surface area contributed by atoms with Crippen LogP contribution in [0.2, 0.25) is 5.02 Å². The number of halogens is 1. The van der Waals surface area contributed by atoms with Gasteiger partial charge in [-0.2, -0.15) is 0 Å². The van der Waals surface area contributed by atoms with Gasteiger partial charge in [0.1, 0.15) is 5.75 Å². The second kappa shape index (κ2) is 10.4. The van der Waals surface area contributed by atoms with Crippen molar-refractivity contribution in [2.24, 2.45) is 5.41 Å². The zero-order valence-electron chi connectivity index (χ0n) is 18.5. The summed E-state index contributed by atoms with van der Waals surface area (Å²) in [5.41, 5.74) is 0.177. The number of likely N-dealkylation sites (tertiary alicyclic amines) is 2. The highest BCUT2D eigenvalue weighted by Gasteiger charge is 2.41. The Hall–Kier alpha value is -2.53. The fourth-order valence-electron chi connectivity index (χ4n) is 4.83. The highest BCUT2D eigenvalue weighted by atomic mass is 35.5. The van der Waals surface area contributed by atoms with Crippen molar-refractivity contribution in [2.75, 3.05) is 32.8 Å². The topological polar surface area (TPSA) is 49.9 Å². The summed E-state index contributed by atoms with van der Waals surface area (Å²) in [6.45, 7) is 3.26. The average molecular weight is 455 g/mol. The van der Waals surface area contributed by atoms with Crippen molar-refractivity contribution in [2.45, 2.75) is 38.5 Å². The first-order chi connectivity index (χ1) is 15.5. The molecule has 0 aliphatic carbocycles. The molecule has 2 amide bonds. The summed E-state index contributed by atoms with van der Waals surface area (Å²) in [4.78, 5) is 30.3. The molecule has 2 aliphatic heterocycles. The molecule has 2 fully saturated rings. The number of benzene rings is 2. The lowest BCUT2D eigenvalue weighted by atomic mass is 9.77. The van der Waals surface area contributed by atoms with Gasteiger partial charge in [-0.3, -0.25) is 9.59 Å². The van der Waals surface area contributed by atoms with Gasteiger partial charge in [0.15, 0.2) is 0 Å². The second-order valence-electron chi connectivity index (χ2n) is 9.06. The zero-order valence-corrected chi connectivity index (χ0v) is 19.2. The number of carbonyl (C=O) groups is 2. The maximum absolute atomic E-state index is 13.2. The number of carbonyl (C=O) groups excluding carboxylic acids is 2. The van der Waals surface area contributed by atoms with E-state index >= 15 is 0 Å². The third kappa shape index (κ3) is 5.63. The summed E-state index contributed by atoms with van der Waals surface area (Å²) in [5, 5.41) is 0.548.